The number of thiazole rings is 1. The molecule has 3 aromatic heterocycles. The highest BCUT2D eigenvalue weighted by Crippen LogP contribution is 2.28. The molecule has 5 heterocycles. The average molecular weight is 589 g/mol. The number of anilines is 2. The van der Waals surface area contributed by atoms with Crippen LogP contribution in [0.4, 0.5) is 20.3 Å². The van der Waals surface area contributed by atoms with E-state index in [4.69, 9.17) is 15.6 Å². The smallest absolute Gasteiger partial charge is 0.345 e. The van der Waals surface area contributed by atoms with Gasteiger partial charge in [0.15, 0.2) is 24.2 Å². The summed E-state index contributed by atoms with van der Waals surface area (Å²) in [4.78, 5) is 31.4. The fourth-order valence-electron chi connectivity index (χ4n) is 5.13. The van der Waals surface area contributed by atoms with Crippen molar-refractivity contribution < 1.29 is 18.3 Å². The van der Waals surface area contributed by atoms with Crippen molar-refractivity contribution in [3.05, 3.63) is 56.8 Å². The van der Waals surface area contributed by atoms with Gasteiger partial charge < -0.3 is 14.4 Å². The lowest BCUT2D eigenvalue weighted by atomic mass is 10.2. The first-order valence-electron chi connectivity index (χ1n) is 13.1. The molecule has 0 unspecified atom stereocenters. The minimum absolute atomic E-state index is 0.0521. The van der Waals surface area contributed by atoms with Crippen LogP contribution in [0.2, 0.25) is 0 Å². The van der Waals surface area contributed by atoms with Crippen LogP contribution in [0.3, 0.4) is 0 Å². The van der Waals surface area contributed by atoms with Gasteiger partial charge in [-0.15, -0.1) is 11.3 Å². The molecule has 0 bridgehead atoms. The number of hydrogen-bond acceptors (Lipinski definition) is 11. The molecule has 0 amide bonds. The summed E-state index contributed by atoms with van der Waals surface area (Å²) in [6, 6.07) is 4.84. The van der Waals surface area contributed by atoms with Crippen LogP contribution >= 0.6 is 11.3 Å². The highest BCUT2D eigenvalue weighted by atomic mass is 32.1. The highest BCUT2D eigenvalue weighted by Gasteiger charge is 2.31. The van der Waals surface area contributed by atoms with E-state index in [1.54, 1.807) is 28.4 Å². The van der Waals surface area contributed by atoms with Crippen LogP contribution in [-0.4, -0.2) is 93.8 Å². The van der Waals surface area contributed by atoms with Crippen molar-refractivity contribution in [2.75, 3.05) is 69.4 Å². The van der Waals surface area contributed by atoms with Gasteiger partial charge >= 0.3 is 5.69 Å². The van der Waals surface area contributed by atoms with Crippen molar-refractivity contribution in [2.45, 2.75) is 6.54 Å². The Hall–Kier alpha value is -3.86. The van der Waals surface area contributed by atoms with Crippen LogP contribution in [0.1, 0.15) is 10.7 Å². The molecular weight excluding hydrogens is 558 g/mol. The van der Waals surface area contributed by atoms with Crippen molar-refractivity contribution >= 4 is 34.3 Å². The van der Waals surface area contributed by atoms with Crippen LogP contribution < -0.4 is 26.2 Å². The van der Waals surface area contributed by atoms with E-state index in [0.29, 0.717) is 49.2 Å². The number of aliphatic imine (C=N–C) groups is 1. The third kappa shape index (κ3) is 5.18. The highest BCUT2D eigenvalue weighted by molar-refractivity contribution is 7.11. The molecule has 218 valence electrons. The first-order valence-corrected chi connectivity index (χ1v) is 14.0. The monoisotopic (exact) mass is 588 g/mol. The summed E-state index contributed by atoms with van der Waals surface area (Å²) in [5.74, 6) is 6.89. The summed E-state index contributed by atoms with van der Waals surface area (Å²) in [6.07, 6.45) is 1.72. The largest absolute Gasteiger partial charge is 0.488 e. The lowest BCUT2D eigenvalue weighted by Crippen LogP contribution is -2.47. The van der Waals surface area contributed by atoms with Crippen LogP contribution in [0.5, 0.6) is 5.75 Å². The predicted octanol–water partition coefficient (Wildman–Crippen LogP) is 1.06. The number of alkyl halides is 1. The standard InChI is InChI=1S/C25H30F2N10O3S/c1-32-25(38)35(24-31-22-21(37(24)32)20(30-16-36(22)28)23-29-4-13-41-23)10-7-33-5-8-34(9-6-33)17-2-3-19(18(27)14-17)40-12-11-39-15-26/h2-4,13-14H,5-12,15-16,28H2,1H3. The number of hydrogen-bond donors (Lipinski definition) is 1. The number of nitrogens with two attached hydrogens (primary N) is 1. The van der Waals surface area contributed by atoms with Gasteiger partial charge in [0.25, 0.3) is 0 Å². The van der Waals surface area contributed by atoms with E-state index >= 15 is 0 Å². The predicted molar refractivity (Wildman–Crippen MR) is 150 cm³/mol. The fraction of sp³-hybridized carbons (Fsp3) is 0.440. The maximum absolute atomic E-state index is 14.5. The Morgan fingerprint density at radius 2 is 1.98 bits per heavy atom. The minimum atomic E-state index is -0.897. The van der Waals surface area contributed by atoms with Crippen LogP contribution in [0.15, 0.2) is 39.6 Å². The lowest BCUT2D eigenvalue weighted by Gasteiger charge is -2.36. The van der Waals surface area contributed by atoms with Gasteiger partial charge in [-0.25, -0.2) is 33.6 Å². The van der Waals surface area contributed by atoms with Crippen molar-refractivity contribution in [3.63, 3.8) is 0 Å². The second-order valence-corrected chi connectivity index (χ2v) is 10.5. The number of halogens is 2. The number of fused-ring (bicyclic) bond motifs is 3. The summed E-state index contributed by atoms with van der Waals surface area (Å²) in [5.41, 5.74) is 1.89. The first-order chi connectivity index (χ1) is 20.0. The molecule has 1 saturated heterocycles. The maximum atomic E-state index is 14.5. The molecule has 0 radical (unpaired) electrons. The molecule has 0 aliphatic carbocycles. The quantitative estimate of drug-likeness (QED) is 0.214. The first kappa shape index (κ1) is 27.3. The summed E-state index contributed by atoms with van der Waals surface area (Å²) < 4.78 is 41.4. The van der Waals surface area contributed by atoms with Gasteiger partial charge in [0.05, 0.1) is 6.61 Å². The molecular formula is C25H30F2N10O3S. The number of hydrazine groups is 1. The summed E-state index contributed by atoms with van der Waals surface area (Å²) >= 11 is 1.47. The van der Waals surface area contributed by atoms with Gasteiger partial charge in [0.2, 0.25) is 5.78 Å². The summed E-state index contributed by atoms with van der Waals surface area (Å²) in [7, 11) is 1.70. The average Bonchev–Trinajstić information content (AvgIpc) is 3.70. The zero-order chi connectivity index (χ0) is 28.5. The fourth-order valence-corrected chi connectivity index (χ4v) is 5.78. The van der Waals surface area contributed by atoms with Gasteiger partial charge in [0.1, 0.15) is 29.7 Å². The van der Waals surface area contributed by atoms with Crippen LogP contribution in [-0.2, 0) is 18.3 Å². The Balaban J connectivity index is 1.12. The second-order valence-electron chi connectivity index (χ2n) is 9.62. The Labute approximate surface area is 237 Å². The molecule has 2 N–H and O–H groups in total. The van der Waals surface area contributed by atoms with E-state index in [1.807, 2.05) is 11.4 Å². The Kier molecular flexibility index (Phi) is 7.70. The van der Waals surface area contributed by atoms with Crippen molar-refractivity contribution in [1.82, 2.24) is 28.6 Å². The molecule has 41 heavy (non-hydrogen) atoms. The zero-order valence-corrected chi connectivity index (χ0v) is 23.3. The van der Waals surface area contributed by atoms with Gasteiger partial charge in [0, 0.05) is 69.6 Å². The normalized spacial score (nSPS) is 16.0. The molecule has 0 saturated carbocycles. The Bertz CT molecular complexity index is 1610. The maximum Gasteiger partial charge on any atom is 0.345 e. The summed E-state index contributed by atoms with van der Waals surface area (Å²) in [6.45, 7) is 3.47. The lowest BCUT2D eigenvalue weighted by molar-refractivity contribution is 0.0385. The molecule has 1 aromatic carbocycles. The third-order valence-electron chi connectivity index (χ3n) is 7.24. The number of rotatable bonds is 10. The number of nitrogens with zero attached hydrogens (tertiary/aromatic N) is 9. The van der Waals surface area contributed by atoms with E-state index in [0.717, 1.165) is 23.8 Å². The number of aromatic nitrogens is 5. The molecule has 2 aliphatic rings. The Morgan fingerprint density at radius 1 is 1.15 bits per heavy atom. The van der Waals surface area contributed by atoms with E-state index in [1.165, 1.54) is 27.1 Å². The molecule has 6 rings (SSSR count). The minimum Gasteiger partial charge on any atom is -0.488 e. The molecule has 4 aromatic rings. The number of imidazole rings is 1. The number of aryl methyl sites for hydroxylation is 1. The van der Waals surface area contributed by atoms with E-state index in [9.17, 15) is 13.6 Å². The van der Waals surface area contributed by atoms with Gasteiger partial charge in [-0.1, -0.05) is 0 Å². The number of piperazine rings is 1. The van der Waals surface area contributed by atoms with Crippen molar-refractivity contribution in [3.8, 4) is 5.75 Å². The number of benzene rings is 1. The van der Waals surface area contributed by atoms with Gasteiger partial charge in [-0.2, -0.15) is 4.98 Å². The molecule has 2 aliphatic heterocycles. The molecule has 0 atom stereocenters. The van der Waals surface area contributed by atoms with E-state index in [2.05, 4.69) is 24.5 Å². The topological polar surface area (TPSA) is 124 Å². The van der Waals surface area contributed by atoms with Gasteiger partial charge in [-0.3, -0.25) is 19.5 Å². The van der Waals surface area contributed by atoms with E-state index < -0.39 is 12.7 Å². The zero-order valence-electron chi connectivity index (χ0n) is 22.4. The Morgan fingerprint density at radius 3 is 2.71 bits per heavy atom. The van der Waals surface area contributed by atoms with Crippen LogP contribution in [0, 0.1) is 5.82 Å². The summed E-state index contributed by atoms with van der Waals surface area (Å²) in [5, 5.41) is 4.09. The SMILES string of the molecule is Cn1c(=O)n(CCN2CCN(c3ccc(OCCOCF)c(F)c3)CC2)c2nc3c(n21)C(c1nccs1)=NCN3N. The van der Waals surface area contributed by atoms with Crippen molar-refractivity contribution in [1.29, 1.82) is 0 Å². The molecule has 13 nitrogen and oxygen atoms in total. The second kappa shape index (κ2) is 11.6. The van der Waals surface area contributed by atoms with Crippen LogP contribution in [0.25, 0.3) is 5.78 Å². The number of ether oxygens (including phenoxy) is 2. The van der Waals surface area contributed by atoms with E-state index in [-0.39, 0.29) is 31.3 Å². The third-order valence-corrected chi connectivity index (χ3v) is 8.02. The molecule has 0 spiro atoms. The molecule has 16 heteroatoms. The van der Waals surface area contributed by atoms with Crippen molar-refractivity contribution in [2.24, 2.45) is 17.9 Å². The van der Waals surface area contributed by atoms with Gasteiger partial charge in [-0.05, 0) is 12.1 Å². The molecule has 1 fully saturated rings.